The van der Waals surface area contributed by atoms with Crippen LogP contribution in [0.1, 0.15) is 70.4 Å². The highest BCUT2D eigenvalue weighted by Gasteiger charge is 2.17. The molecule has 0 saturated heterocycles. The third-order valence-corrected chi connectivity index (χ3v) is 7.85. The van der Waals surface area contributed by atoms with Gasteiger partial charge in [-0.1, -0.05) is 52.2 Å². The third-order valence-electron chi connectivity index (χ3n) is 7.85. The van der Waals surface area contributed by atoms with Gasteiger partial charge in [0.05, 0.1) is 18.9 Å². The third kappa shape index (κ3) is 8.54. The van der Waals surface area contributed by atoms with Crippen molar-refractivity contribution in [3.63, 3.8) is 0 Å². The normalized spacial score (nSPS) is 11.4. The summed E-state index contributed by atoms with van der Waals surface area (Å²) in [6, 6.07) is 23.7. The SMILES string of the molecule is CCCCOc1ccc(-c2c(C)c3cc(OCCCC)ccc3n2Cc2ccc(OCCN(C)CCCC)cc2)cc1. The number of fused-ring (bicyclic) bond motifs is 1. The maximum atomic E-state index is 6.08. The van der Waals surface area contributed by atoms with E-state index in [4.69, 9.17) is 14.2 Å². The molecular formula is C37H50N2O3. The van der Waals surface area contributed by atoms with Gasteiger partial charge in [0.25, 0.3) is 0 Å². The van der Waals surface area contributed by atoms with Gasteiger partial charge in [-0.15, -0.1) is 0 Å². The molecule has 0 bridgehead atoms. The number of hydrogen-bond acceptors (Lipinski definition) is 4. The van der Waals surface area contributed by atoms with Gasteiger partial charge >= 0.3 is 0 Å². The van der Waals surface area contributed by atoms with E-state index in [9.17, 15) is 0 Å². The molecular weight excluding hydrogens is 520 g/mol. The van der Waals surface area contributed by atoms with Crippen molar-refractivity contribution in [2.24, 2.45) is 0 Å². The quantitative estimate of drug-likeness (QED) is 0.112. The second-order valence-corrected chi connectivity index (χ2v) is 11.3. The number of rotatable bonds is 18. The standard InChI is InChI=1S/C37H50N2O3/c1-6-9-22-38(5)23-26-42-32-16-12-30(13-17-32)28-39-36-21-20-34(41-25-11-8-3)27-35(36)29(4)37(39)31-14-18-33(19-15-31)40-24-10-7-2/h12-21,27H,6-11,22-26,28H2,1-5H3. The molecule has 1 heterocycles. The van der Waals surface area contributed by atoms with Crippen LogP contribution in [-0.4, -0.2) is 49.4 Å². The molecule has 1 aromatic heterocycles. The Bertz CT molecular complexity index is 1360. The molecule has 0 atom stereocenters. The summed E-state index contributed by atoms with van der Waals surface area (Å²) in [4.78, 5) is 2.34. The van der Waals surface area contributed by atoms with Crippen molar-refractivity contribution in [1.82, 2.24) is 9.47 Å². The van der Waals surface area contributed by atoms with Crippen LogP contribution in [0.5, 0.6) is 17.2 Å². The molecule has 0 amide bonds. The molecule has 0 saturated carbocycles. The summed E-state index contributed by atoms with van der Waals surface area (Å²) in [5, 5.41) is 1.23. The van der Waals surface area contributed by atoms with E-state index < -0.39 is 0 Å². The van der Waals surface area contributed by atoms with E-state index in [2.05, 4.69) is 111 Å². The van der Waals surface area contributed by atoms with Crippen molar-refractivity contribution in [2.75, 3.05) is 40.0 Å². The second-order valence-electron chi connectivity index (χ2n) is 11.3. The highest BCUT2D eigenvalue weighted by molar-refractivity contribution is 5.92. The number of benzene rings is 3. The number of likely N-dealkylation sites (N-methyl/N-ethyl adjacent to an activating group) is 1. The van der Waals surface area contributed by atoms with Crippen molar-refractivity contribution in [3.8, 4) is 28.5 Å². The Morgan fingerprint density at radius 1 is 0.643 bits per heavy atom. The Morgan fingerprint density at radius 3 is 1.86 bits per heavy atom. The Morgan fingerprint density at radius 2 is 1.21 bits per heavy atom. The molecule has 0 aliphatic heterocycles. The highest BCUT2D eigenvalue weighted by Crippen LogP contribution is 2.36. The van der Waals surface area contributed by atoms with Gasteiger partial charge in [-0.2, -0.15) is 0 Å². The van der Waals surface area contributed by atoms with Gasteiger partial charge in [-0.05, 0) is 111 Å². The smallest absolute Gasteiger partial charge is 0.120 e. The first-order chi connectivity index (χ1) is 20.5. The van der Waals surface area contributed by atoms with Crippen LogP contribution in [0.25, 0.3) is 22.2 Å². The minimum Gasteiger partial charge on any atom is -0.494 e. The Labute approximate surface area is 253 Å². The first-order valence-electron chi connectivity index (χ1n) is 15.9. The van der Waals surface area contributed by atoms with Crippen molar-refractivity contribution < 1.29 is 14.2 Å². The van der Waals surface area contributed by atoms with Crippen molar-refractivity contribution in [1.29, 1.82) is 0 Å². The zero-order chi connectivity index (χ0) is 29.7. The minimum atomic E-state index is 0.700. The van der Waals surface area contributed by atoms with Crippen LogP contribution >= 0.6 is 0 Å². The van der Waals surface area contributed by atoms with Crippen molar-refractivity contribution >= 4 is 10.9 Å². The monoisotopic (exact) mass is 570 g/mol. The van der Waals surface area contributed by atoms with Crippen LogP contribution in [0.3, 0.4) is 0 Å². The van der Waals surface area contributed by atoms with Gasteiger partial charge in [-0.25, -0.2) is 0 Å². The largest absolute Gasteiger partial charge is 0.494 e. The Hall–Kier alpha value is -3.44. The molecule has 42 heavy (non-hydrogen) atoms. The molecule has 3 aromatic carbocycles. The summed E-state index contributed by atoms with van der Waals surface area (Å²) in [5.41, 5.74) is 6.13. The molecule has 0 aliphatic rings. The second kappa shape index (κ2) is 16.3. The molecule has 0 radical (unpaired) electrons. The average molecular weight is 571 g/mol. The number of nitrogens with zero attached hydrogens (tertiary/aromatic N) is 2. The van der Waals surface area contributed by atoms with Crippen LogP contribution in [0, 0.1) is 6.92 Å². The van der Waals surface area contributed by atoms with Gasteiger partial charge in [0.1, 0.15) is 23.9 Å². The average Bonchev–Trinajstić information content (AvgIpc) is 3.27. The lowest BCUT2D eigenvalue weighted by Gasteiger charge is -2.16. The molecule has 226 valence electrons. The summed E-state index contributed by atoms with van der Waals surface area (Å²) in [5.74, 6) is 2.78. The number of unbranched alkanes of at least 4 members (excludes halogenated alkanes) is 3. The van der Waals surface area contributed by atoms with E-state index in [1.807, 2.05) is 0 Å². The summed E-state index contributed by atoms with van der Waals surface area (Å²) >= 11 is 0. The molecule has 0 unspecified atom stereocenters. The maximum absolute atomic E-state index is 6.08. The predicted molar refractivity (Wildman–Crippen MR) is 176 cm³/mol. The molecule has 5 heteroatoms. The summed E-state index contributed by atoms with van der Waals surface area (Å²) in [6.07, 6.45) is 6.83. The van der Waals surface area contributed by atoms with E-state index >= 15 is 0 Å². The molecule has 0 aliphatic carbocycles. The van der Waals surface area contributed by atoms with Gasteiger partial charge in [0.2, 0.25) is 0 Å². The van der Waals surface area contributed by atoms with Crippen LogP contribution in [0.15, 0.2) is 66.7 Å². The predicted octanol–water partition coefficient (Wildman–Crippen LogP) is 9.13. The first kappa shape index (κ1) is 31.5. The lowest BCUT2D eigenvalue weighted by molar-refractivity contribution is 0.235. The molecule has 0 spiro atoms. The van der Waals surface area contributed by atoms with Crippen LogP contribution in [-0.2, 0) is 6.54 Å². The summed E-state index contributed by atoms with van der Waals surface area (Å²) < 4.78 is 20.5. The Kier molecular flexibility index (Phi) is 12.2. The number of hydrogen-bond donors (Lipinski definition) is 0. The maximum Gasteiger partial charge on any atom is 0.120 e. The van der Waals surface area contributed by atoms with Crippen molar-refractivity contribution in [2.45, 2.75) is 72.8 Å². The van der Waals surface area contributed by atoms with E-state index in [1.54, 1.807) is 0 Å². The minimum absolute atomic E-state index is 0.700. The number of aromatic nitrogens is 1. The lowest BCUT2D eigenvalue weighted by Crippen LogP contribution is -2.25. The van der Waals surface area contributed by atoms with E-state index in [0.29, 0.717) is 6.61 Å². The lowest BCUT2D eigenvalue weighted by atomic mass is 10.1. The van der Waals surface area contributed by atoms with Gasteiger partial charge < -0.3 is 23.7 Å². The fourth-order valence-corrected chi connectivity index (χ4v) is 5.24. The number of aryl methyl sites for hydroxylation is 1. The van der Waals surface area contributed by atoms with Crippen LogP contribution in [0.2, 0.25) is 0 Å². The van der Waals surface area contributed by atoms with E-state index in [0.717, 1.165) is 75.8 Å². The molecule has 4 rings (SSSR count). The molecule has 4 aromatic rings. The first-order valence-corrected chi connectivity index (χ1v) is 15.9. The van der Waals surface area contributed by atoms with E-state index in [-0.39, 0.29) is 0 Å². The van der Waals surface area contributed by atoms with Gasteiger partial charge in [0.15, 0.2) is 0 Å². The van der Waals surface area contributed by atoms with Gasteiger partial charge in [-0.3, -0.25) is 0 Å². The topological polar surface area (TPSA) is 35.9 Å². The van der Waals surface area contributed by atoms with Crippen LogP contribution < -0.4 is 14.2 Å². The van der Waals surface area contributed by atoms with Gasteiger partial charge in [0, 0.05) is 24.0 Å². The zero-order valence-corrected chi connectivity index (χ0v) is 26.5. The fraction of sp³-hybridized carbons (Fsp3) is 0.459. The van der Waals surface area contributed by atoms with E-state index in [1.165, 1.54) is 46.1 Å². The molecule has 5 nitrogen and oxygen atoms in total. The highest BCUT2D eigenvalue weighted by atomic mass is 16.5. The summed E-state index contributed by atoms with van der Waals surface area (Å²) in [6.45, 7) is 13.9. The molecule has 0 N–H and O–H groups in total. The van der Waals surface area contributed by atoms with Crippen molar-refractivity contribution in [3.05, 3.63) is 77.9 Å². The fourth-order valence-electron chi connectivity index (χ4n) is 5.24. The number of ether oxygens (including phenoxy) is 3. The summed E-state index contributed by atoms with van der Waals surface area (Å²) in [7, 11) is 2.16. The Balaban J connectivity index is 1.57. The zero-order valence-electron chi connectivity index (χ0n) is 26.5. The van der Waals surface area contributed by atoms with Crippen LogP contribution in [0.4, 0.5) is 0 Å². The molecule has 0 fully saturated rings.